The van der Waals surface area contributed by atoms with Crippen LogP contribution in [0.3, 0.4) is 0 Å². The van der Waals surface area contributed by atoms with Crippen LogP contribution < -0.4 is 11.5 Å². The molecule has 0 radical (unpaired) electrons. The summed E-state index contributed by atoms with van der Waals surface area (Å²) in [7, 11) is 1.76. The summed E-state index contributed by atoms with van der Waals surface area (Å²) in [6.07, 6.45) is 0. The monoisotopic (exact) mass is 280 g/mol. The fourth-order valence-electron chi connectivity index (χ4n) is 1.66. The lowest BCUT2D eigenvalue weighted by Gasteiger charge is -2.07. The summed E-state index contributed by atoms with van der Waals surface area (Å²) in [4.78, 5) is 11.5. The van der Waals surface area contributed by atoms with Gasteiger partial charge in [-0.1, -0.05) is 11.8 Å². The van der Waals surface area contributed by atoms with E-state index in [1.54, 1.807) is 11.7 Å². The van der Waals surface area contributed by atoms with E-state index < -0.39 is 11.7 Å². The first-order valence-corrected chi connectivity index (χ1v) is 6.27. The van der Waals surface area contributed by atoms with Crippen LogP contribution in [0.4, 0.5) is 10.1 Å². The Morgan fingerprint density at radius 3 is 2.63 bits per heavy atom. The first-order chi connectivity index (χ1) is 8.88. The van der Waals surface area contributed by atoms with Crippen molar-refractivity contribution in [1.82, 2.24) is 9.78 Å². The lowest BCUT2D eigenvalue weighted by molar-refractivity contribution is 0.100. The number of nitrogens with zero attached hydrogens (tertiary/aromatic N) is 2. The van der Waals surface area contributed by atoms with Crippen molar-refractivity contribution in [2.24, 2.45) is 12.8 Å². The summed E-state index contributed by atoms with van der Waals surface area (Å²) in [5.74, 6) is -1.17. The molecule has 2 rings (SSSR count). The van der Waals surface area contributed by atoms with E-state index >= 15 is 0 Å². The molecule has 0 saturated carbocycles. The lowest BCUT2D eigenvalue weighted by Crippen LogP contribution is -2.14. The van der Waals surface area contributed by atoms with Gasteiger partial charge in [0.2, 0.25) is 0 Å². The lowest BCUT2D eigenvalue weighted by atomic mass is 10.1. The molecule has 1 aromatic carbocycles. The van der Waals surface area contributed by atoms with Gasteiger partial charge in [-0.25, -0.2) is 4.39 Å². The van der Waals surface area contributed by atoms with Gasteiger partial charge in [0.1, 0.15) is 5.82 Å². The molecule has 0 fully saturated rings. The quantitative estimate of drug-likeness (QED) is 0.838. The van der Waals surface area contributed by atoms with Crippen LogP contribution in [0, 0.1) is 12.7 Å². The second kappa shape index (κ2) is 4.93. The van der Waals surface area contributed by atoms with E-state index in [9.17, 15) is 9.18 Å². The van der Waals surface area contributed by atoms with E-state index in [0.717, 1.165) is 28.5 Å². The fourth-order valence-corrected chi connectivity index (χ4v) is 2.62. The molecule has 0 aliphatic heterocycles. The van der Waals surface area contributed by atoms with Crippen molar-refractivity contribution in [2.45, 2.75) is 16.8 Å². The largest absolute Gasteiger partial charge is 0.398 e. The highest BCUT2D eigenvalue weighted by Gasteiger charge is 2.14. The number of primary amides is 1. The predicted octanol–water partition coefficient (Wildman–Crippen LogP) is 1.70. The second-order valence-electron chi connectivity index (χ2n) is 4.08. The third-order valence-electron chi connectivity index (χ3n) is 2.54. The van der Waals surface area contributed by atoms with E-state index in [4.69, 9.17) is 11.5 Å². The minimum atomic E-state index is -0.680. The Labute approximate surface area is 113 Å². The molecule has 7 heteroatoms. The van der Waals surface area contributed by atoms with Gasteiger partial charge >= 0.3 is 0 Å². The maximum absolute atomic E-state index is 13.8. The summed E-state index contributed by atoms with van der Waals surface area (Å²) in [6.45, 7) is 1.85. The highest BCUT2D eigenvalue weighted by Crippen LogP contribution is 2.32. The Morgan fingerprint density at radius 2 is 2.11 bits per heavy atom. The molecule has 0 atom stereocenters. The zero-order valence-corrected chi connectivity index (χ0v) is 11.3. The van der Waals surface area contributed by atoms with E-state index in [2.05, 4.69) is 5.10 Å². The van der Waals surface area contributed by atoms with Gasteiger partial charge in [0, 0.05) is 12.7 Å². The number of anilines is 1. The molecule has 1 heterocycles. The Kier molecular flexibility index (Phi) is 3.48. The number of aryl methyl sites for hydroxylation is 2. The average Bonchev–Trinajstić information content (AvgIpc) is 2.60. The molecular formula is C12H13FN4OS. The standard InChI is InChI=1S/C12H13FN4OS/c1-6-3-11(17(2)16-6)19-10-4-7(12(15)18)9(14)5-8(10)13/h3-5H,14H2,1-2H3,(H2,15,18). The van der Waals surface area contributed by atoms with Crippen LogP contribution in [0.2, 0.25) is 0 Å². The summed E-state index contributed by atoms with van der Waals surface area (Å²) in [5.41, 5.74) is 11.7. The molecular weight excluding hydrogens is 267 g/mol. The zero-order chi connectivity index (χ0) is 14.2. The molecule has 1 aromatic heterocycles. The fraction of sp³-hybridized carbons (Fsp3) is 0.167. The number of aromatic nitrogens is 2. The predicted molar refractivity (Wildman–Crippen MR) is 71.4 cm³/mol. The Hall–Kier alpha value is -2.02. The highest BCUT2D eigenvalue weighted by molar-refractivity contribution is 7.99. The zero-order valence-electron chi connectivity index (χ0n) is 10.5. The maximum atomic E-state index is 13.8. The SMILES string of the molecule is Cc1cc(Sc2cc(C(N)=O)c(N)cc2F)n(C)n1. The Bertz CT molecular complexity index is 653. The van der Waals surface area contributed by atoms with Gasteiger partial charge in [0.05, 0.1) is 21.2 Å². The third kappa shape index (κ3) is 2.70. The van der Waals surface area contributed by atoms with Crippen molar-refractivity contribution >= 4 is 23.4 Å². The molecule has 0 bridgehead atoms. The molecule has 4 N–H and O–H groups in total. The molecule has 19 heavy (non-hydrogen) atoms. The van der Waals surface area contributed by atoms with Crippen molar-refractivity contribution in [2.75, 3.05) is 5.73 Å². The van der Waals surface area contributed by atoms with Gasteiger partial charge < -0.3 is 11.5 Å². The van der Waals surface area contributed by atoms with Crippen LogP contribution >= 0.6 is 11.8 Å². The first kappa shape index (κ1) is 13.4. The third-order valence-corrected chi connectivity index (χ3v) is 3.67. The summed E-state index contributed by atoms with van der Waals surface area (Å²) < 4.78 is 15.5. The van der Waals surface area contributed by atoms with Crippen molar-refractivity contribution < 1.29 is 9.18 Å². The number of carbonyl (C=O) groups excluding carboxylic acids is 1. The number of amides is 1. The Balaban J connectivity index is 2.42. The van der Waals surface area contributed by atoms with Gasteiger partial charge in [-0.3, -0.25) is 9.48 Å². The maximum Gasteiger partial charge on any atom is 0.250 e. The number of hydrogen-bond donors (Lipinski definition) is 2. The molecule has 0 unspecified atom stereocenters. The summed E-state index contributed by atoms with van der Waals surface area (Å²) >= 11 is 1.16. The number of rotatable bonds is 3. The number of nitrogens with two attached hydrogens (primary N) is 2. The van der Waals surface area contributed by atoms with Crippen LogP contribution in [0.1, 0.15) is 16.1 Å². The van der Waals surface area contributed by atoms with Gasteiger partial charge in [0.25, 0.3) is 5.91 Å². The molecule has 100 valence electrons. The molecule has 0 aliphatic rings. The van der Waals surface area contributed by atoms with E-state index in [-0.39, 0.29) is 16.1 Å². The molecule has 0 spiro atoms. The van der Waals surface area contributed by atoms with Gasteiger partial charge in [-0.05, 0) is 25.1 Å². The van der Waals surface area contributed by atoms with E-state index in [1.807, 2.05) is 13.0 Å². The highest BCUT2D eigenvalue weighted by atomic mass is 32.2. The molecule has 0 aliphatic carbocycles. The van der Waals surface area contributed by atoms with Gasteiger partial charge in [-0.2, -0.15) is 5.10 Å². The van der Waals surface area contributed by atoms with Crippen molar-refractivity contribution in [1.29, 1.82) is 0 Å². The molecule has 0 saturated heterocycles. The van der Waals surface area contributed by atoms with E-state index in [1.165, 1.54) is 6.07 Å². The number of benzene rings is 1. The van der Waals surface area contributed by atoms with Crippen LogP contribution in [-0.4, -0.2) is 15.7 Å². The topological polar surface area (TPSA) is 86.9 Å². The Morgan fingerprint density at radius 1 is 1.42 bits per heavy atom. The van der Waals surface area contributed by atoms with E-state index in [0.29, 0.717) is 0 Å². The number of hydrogen-bond acceptors (Lipinski definition) is 4. The van der Waals surface area contributed by atoms with Gasteiger partial charge in [0.15, 0.2) is 0 Å². The van der Waals surface area contributed by atoms with Crippen LogP contribution in [-0.2, 0) is 7.05 Å². The first-order valence-electron chi connectivity index (χ1n) is 5.46. The minimum absolute atomic E-state index is 0.0375. The molecule has 1 amide bonds. The average molecular weight is 280 g/mol. The molecule has 5 nitrogen and oxygen atoms in total. The van der Waals surface area contributed by atoms with Crippen molar-refractivity contribution in [3.8, 4) is 0 Å². The number of nitrogen functional groups attached to an aromatic ring is 1. The summed E-state index contributed by atoms with van der Waals surface area (Å²) in [5, 5.41) is 4.93. The minimum Gasteiger partial charge on any atom is -0.398 e. The molecule has 2 aromatic rings. The van der Waals surface area contributed by atoms with Crippen LogP contribution in [0.25, 0.3) is 0 Å². The van der Waals surface area contributed by atoms with Crippen LogP contribution in [0.15, 0.2) is 28.1 Å². The smallest absolute Gasteiger partial charge is 0.250 e. The normalized spacial score (nSPS) is 10.7. The van der Waals surface area contributed by atoms with Crippen molar-refractivity contribution in [3.05, 3.63) is 35.3 Å². The second-order valence-corrected chi connectivity index (χ2v) is 5.15. The van der Waals surface area contributed by atoms with Gasteiger partial charge in [-0.15, -0.1) is 0 Å². The van der Waals surface area contributed by atoms with Crippen molar-refractivity contribution in [3.63, 3.8) is 0 Å². The summed E-state index contributed by atoms with van der Waals surface area (Å²) in [6, 6.07) is 4.29. The number of halogens is 1. The number of carbonyl (C=O) groups is 1. The van der Waals surface area contributed by atoms with Crippen LogP contribution in [0.5, 0.6) is 0 Å².